The third-order valence-electron chi connectivity index (χ3n) is 1.71. The maximum absolute atomic E-state index is 10.5. The molecule has 0 aliphatic rings. The molecule has 0 atom stereocenters. The monoisotopic (exact) mass is 255 g/mol. The molecule has 0 aliphatic carbocycles. The first kappa shape index (κ1) is 9.14. The molecule has 72 valence electrons. The van der Waals surface area contributed by atoms with Gasteiger partial charge >= 0.3 is 0 Å². The number of methoxy groups -OCH3 is 1. The van der Waals surface area contributed by atoms with Crippen LogP contribution in [0.2, 0.25) is 0 Å². The molecule has 0 saturated heterocycles. The van der Waals surface area contributed by atoms with Crippen LogP contribution in [0.4, 0.5) is 0 Å². The van der Waals surface area contributed by atoms with E-state index in [-0.39, 0.29) is 0 Å². The molecule has 0 unspecified atom stereocenters. The van der Waals surface area contributed by atoms with E-state index in [4.69, 9.17) is 4.74 Å². The SMILES string of the molecule is COc1nc(Br)cn2cc(C=O)nc12. The van der Waals surface area contributed by atoms with Gasteiger partial charge in [0.25, 0.3) is 5.88 Å². The summed E-state index contributed by atoms with van der Waals surface area (Å²) in [5, 5.41) is 0. The lowest BCUT2D eigenvalue weighted by Gasteiger charge is -2.00. The predicted molar refractivity (Wildman–Crippen MR) is 52.6 cm³/mol. The van der Waals surface area contributed by atoms with Gasteiger partial charge in [-0.05, 0) is 15.9 Å². The summed E-state index contributed by atoms with van der Waals surface area (Å²) in [6.45, 7) is 0. The first-order valence-electron chi connectivity index (χ1n) is 3.79. The molecule has 2 aromatic heterocycles. The number of ether oxygens (including phenoxy) is 1. The van der Waals surface area contributed by atoms with Crippen LogP contribution in [0.25, 0.3) is 5.65 Å². The smallest absolute Gasteiger partial charge is 0.259 e. The van der Waals surface area contributed by atoms with Gasteiger partial charge in [-0.1, -0.05) is 0 Å². The molecule has 0 aromatic carbocycles. The number of imidazole rings is 1. The molecule has 6 heteroatoms. The predicted octanol–water partition coefficient (Wildman–Crippen LogP) is 1.31. The van der Waals surface area contributed by atoms with Crippen molar-refractivity contribution in [2.75, 3.05) is 7.11 Å². The lowest BCUT2D eigenvalue weighted by molar-refractivity contribution is 0.111. The Labute approximate surface area is 87.9 Å². The second kappa shape index (κ2) is 3.38. The molecule has 0 aliphatic heterocycles. The van der Waals surface area contributed by atoms with Gasteiger partial charge in [-0.3, -0.25) is 9.20 Å². The summed E-state index contributed by atoms with van der Waals surface area (Å²) in [7, 11) is 1.50. The van der Waals surface area contributed by atoms with Crippen LogP contribution in [0, 0.1) is 0 Å². The Morgan fingerprint density at radius 1 is 1.50 bits per heavy atom. The Balaban J connectivity index is 2.77. The number of aromatic nitrogens is 3. The van der Waals surface area contributed by atoms with Crippen molar-refractivity contribution in [1.29, 1.82) is 0 Å². The van der Waals surface area contributed by atoms with Crippen LogP contribution in [0.1, 0.15) is 10.5 Å². The van der Waals surface area contributed by atoms with E-state index < -0.39 is 0 Å². The van der Waals surface area contributed by atoms with E-state index in [0.29, 0.717) is 28.1 Å². The van der Waals surface area contributed by atoms with Crippen molar-refractivity contribution >= 4 is 27.9 Å². The van der Waals surface area contributed by atoms with Crippen LogP contribution in [0.5, 0.6) is 5.88 Å². The number of hydrogen-bond donors (Lipinski definition) is 0. The van der Waals surface area contributed by atoms with Crippen molar-refractivity contribution in [3.63, 3.8) is 0 Å². The topological polar surface area (TPSA) is 56.5 Å². The Kier molecular flexibility index (Phi) is 2.20. The highest BCUT2D eigenvalue weighted by atomic mass is 79.9. The van der Waals surface area contributed by atoms with Crippen LogP contribution in [0.15, 0.2) is 17.0 Å². The minimum atomic E-state index is 0.350. The van der Waals surface area contributed by atoms with E-state index in [1.165, 1.54) is 7.11 Å². The van der Waals surface area contributed by atoms with E-state index in [0.717, 1.165) is 0 Å². The van der Waals surface area contributed by atoms with E-state index in [2.05, 4.69) is 25.9 Å². The minimum Gasteiger partial charge on any atom is -0.478 e. The van der Waals surface area contributed by atoms with E-state index in [1.807, 2.05) is 0 Å². The van der Waals surface area contributed by atoms with Crippen LogP contribution in [-0.4, -0.2) is 27.8 Å². The van der Waals surface area contributed by atoms with Crippen molar-refractivity contribution in [3.05, 3.63) is 22.7 Å². The standard InChI is InChI=1S/C8H6BrN3O2/c1-14-8-7-10-5(4-13)2-12(7)3-6(9)11-8/h2-4H,1H3. The summed E-state index contributed by atoms with van der Waals surface area (Å²) in [6.07, 6.45) is 4.00. The number of hydrogen-bond acceptors (Lipinski definition) is 4. The number of carbonyl (C=O) groups is 1. The van der Waals surface area contributed by atoms with Gasteiger partial charge in [0, 0.05) is 12.4 Å². The van der Waals surface area contributed by atoms with Crippen molar-refractivity contribution in [1.82, 2.24) is 14.4 Å². The number of halogens is 1. The maximum Gasteiger partial charge on any atom is 0.259 e. The molecule has 0 saturated carbocycles. The zero-order valence-corrected chi connectivity index (χ0v) is 8.85. The van der Waals surface area contributed by atoms with Gasteiger partial charge in [0.05, 0.1) is 7.11 Å². The van der Waals surface area contributed by atoms with Gasteiger partial charge in [0.15, 0.2) is 6.29 Å². The van der Waals surface area contributed by atoms with Gasteiger partial charge in [-0.25, -0.2) is 9.97 Å². The Morgan fingerprint density at radius 3 is 2.93 bits per heavy atom. The van der Waals surface area contributed by atoms with Gasteiger partial charge in [-0.2, -0.15) is 0 Å². The maximum atomic E-state index is 10.5. The lowest BCUT2D eigenvalue weighted by Crippen LogP contribution is -1.94. The van der Waals surface area contributed by atoms with Gasteiger partial charge < -0.3 is 4.74 Å². The normalized spacial score (nSPS) is 10.4. The van der Waals surface area contributed by atoms with Crippen molar-refractivity contribution in [3.8, 4) is 5.88 Å². The third-order valence-corrected chi connectivity index (χ3v) is 2.09. The first-order valence-corrected chi connectivity index (χ1v) is 4.58. The lowest BCUT2D eigenvalue weighted by atomic mass is 10.5. The molecule has 0 fully saturated rings. The molecule has 0 amide bonds. The number of rotatable bonds is 2. The van der Waals surface area contributed by atoms with Gasteiger partial charge in [-0.15, -0.1) is 0 Å². The van der Waals surface area contributed by atoms with E-state index >= 15 is 0 Å². The van der Waals surface area contributed by atoms with Crippen molar-refractivity contribution in [2.45, 2.75) is 0 Å². The number of fused-ring (bicyclic) bond motifs is 1. The summed E-state index contributed by atoms with van der Waals surface area (Å²) in [4.78, 5) is 18.6. The molecule has 0 spiro atoms. The van der Waals surface area contributed by atoms with Crippen LogP contribution >= 0.6 is 15.9 Å². The molecule has 0 N–H and O–H groups in total. The van der Waals surface area contributed by atoms with Crippen LogP contribution in [-0.2, 0) is 0 Å². The highest BCUT2D eigenvalue weighted by Crippen LogP contribution is 2.19. The summed E-state index contributed by atoms with van der Waals surface area (Å²) >= 11 is 3.23. The molecule has 2 heterocycles. The summed E-state index contributed by atoms with van der Waals surface area (Å²) in [6, 6.07) is 0. The third kappa shape index (κ3) is 1.37. The second-order valence-electron chi connectivity index (χ2n) is 2.59. The first-order chi connectivity index (χ1) is 6.74. The Bertz CT molecular complexity index is 495. The minimum absolute atomic E-state index is 0.350. The molecule has 2 rings (SSSR count). The summed E-state index contributed by atoms with van der Waals surface area (Å²) in [5.74, 6) is 0.382. The van der Waals surface area contributed by atoms with Crippen LogP contribution in [0.3, 0.4) is 0 Å². The number of aldehydes is 1. The molecule has 5 nitrogen and oxygen atoms in total. The van der Waals surface area contributed by atoms with Crippen molar-refractivity contribution in [2.24, 2.45) is 0 Å². The second-order valence-corrected chi connectivity index (χ2v) is 3.40. The molecular formula is C8H6BrN3O2. The summed E-state index contributed by atoms with van der Waals surface area (Å²) < 4.78 is 7.33. The molecule has 14 heavy (non-hydrogen) atoms. The number of nitrogens with zero attached hydrogens (tertiary/aromatic N) is 3. The largest absolute Gasteiger partial charge is 0.478 e. The zero-order chi connectivity index (χ0) is 10.1. The quantitative estimate of drug-likeness (QED) is 0.760. The Hall–Kier alpha value is -1.43. The van der Waals surface area contributed by atoms with Crippen molar-refractivity contribution < 1.29 is 9.53 Å². The fourth-order valence-corrected chi connectivity index (χ4v) is 1.54. The fourth-order valence-electron chi connectivity index (χ4n) is 1.15. The molecular weight excluding hydrogens is 250 g/mol. The van der Waals surface area contributed by atoms with Gasteiger partial charge in [0.2, 0.25) is 5.65 Å². The highest BCUT2D eigenvalue weighted by molar-refractivity contribution is 9.10. The average Bonchev–Trinajstić information content (AvgIpc) is 2.59. The fraction of sp³-hybridized carbons (Fsp3) is 0.125. The summed E-state index contributed by atoms with van der Waals surface area (Å²) in [5.41, 5.74) is 0.876. The average molecular weight is 256 g/mol. The highest BCUT2D eigenvalue weighted by Gasteiger charge is 2.08. The van der Waals surface area contributed by atoms with Gasteiger partial charge in [0.1, 0.15) is 10.3 Å². The van der Waals surface area contributed by atoms with Crippen LogP contribution < -0.4 is 4.74 Å². The van der Waals surface area contributed by atoms with E-state index in [9.17, 15) is 4.79 Å². The number of carbonyl (C=O) groups excluding carboxylic acids is 1. The molecule has 2 aromatic rings. The zero-order valence-electron chi connectivity index (χ0n) is 7.27. The molecule has 0 bridgehead atoms. The Morgan fingerprint density at radius 2 is 2.29 bits per heavy atom. The molecule has 0 radical (unpaired) electrons. The van der Waals surface area contributed by atoms with E-state index in [1.54, 1.807) is 16.8 Å².